The SMILES string of the molecule is CC(=O)c1ccc(CNc2ccc(-c3c(N)nc(N)nc3COCC=C(C)C)cc2N)cc1. The van der Waals surface area contributed by atoms with Crippen molar-refractivity contribution in [1.29, 1.82) is 0 Å². The van der Waals surface area contributed by atoms with Gasteiger partial charge in [0.1, 0.15) is 5.82 Å². The highest BCUT2D eigenvalue weighted by atomic mass is 16.5. The minimum Gasteiger partial charge on any atom is -0.397 e. The van der Waals surface area contributed by atoms with Gasteiger partial charge in [0.2, 0.25) is 5.95 Å². The van der Waals surface area contributed by atoms with Gasteiger partial charge in [-0.05, 0) is 44.0 Å². The number of aromatic nitrogens is 2. The fourth-order valence-corrected chi connectivity index (χ4v) is 3.28. The maximum absolute atomic E-state index is 11.4. The van der Waals surface area contributed by atoms with Crippen molar-refractivity contribution in [3.05, 3.63) is 70.9 Å². The van der Waals surface area contributed by atoms with E-state index in [-0.39, 0.29) is 24.2 Å². The number of nitrogens with zero attached hydrogens (tertiary/aromatic N) is 2. The van der Waals surface area contributed by atoms with Crippen molar-refractivity contribution in [3.8, 4) is 11.1 Å². The Morgan fingerprint density at radius 3 is 2.39 bits per heavy atom. The highest BCUT2D eigenvalue weighted by Gasteiger charge is 2.15. The first-order valence-electron chi connectivity index (χ1n) is 10.6. The van der Waals surface area contributed by atoms with Crippen molar-refractivity contribution < 1.29 is 9.53 Å². The number of allylic oxidation sites excluding steroid dienone is 1. The lowest BCUT2D eigenvalue weighted by Crippen LogP contribution is -2.09. The van der Waals surface area contributed by atoms with Crippen LogP contribution in [0.15, 0.2) is 54.1 Å². The molecular formula is C25H30N6O2. The van der Waals surface area contributed by atoms with Crippen LogP contribution < -0.4 is 22.5 Å². The van der Waals surface area contributed by atoms with Crippen LogP contribution in [0.3, 0.4) is 0 Å². The fourth-order valence-electron chi connectivity index (χ4n) is 3.28. The van der Waals surface area contributed by atoms with Gasteiger partial charge in [0.15, 0.2) is 5.78 Å². The molecule has 0 amide bonds. The van der Waals surface area contributed by atoms with Gasteiger partial charge in [-0.25, -0.2) is 4.98 Å². The van der Waals surface area contributed by atoms with E-state index < -0.39 is 0 Å². The summed E-state index contributed by atoms with van der Waals surface area (Å²) >= 11 is 0. The summed E-state index contributed by atoms with van der Waals surface area (Å²) in [6.07, 6.45) is 1.99. The molecule has 0 aliphatic heterocycles. The molecule has 3 rings (SSSR count). The Kier molecular flexibility index (Phi) is 7.63. The van der Waals surface area contributed by atoms with Gasteiger partial charge in [0, 0.05) is 17.7 Å². The van der Waals surface area contributed by atoms with E-state index in [0.29, 0.717) is 35.7 Å². The third-order valence-electron chi connectivity index (χ3n) is 5.06. The Morgan fingerprint density at radius 1 is 1.03 bits per heavy atom. The molecular weight excluding hydrogens is 416 g/mol. The van der Waals surface area contributed by atoms with Crippen LogP contribution in [0.4, 0.5) is 23.1 Å². The summed E-state index contributed by atoms with van der Waals surface area (Å²) in [5.41, 5.74) is 24.6. The summed E-state index contributed by atoms with van der Waals surface area (Å²) in [5, 5.41) is 3.32. The van der Waals surface area contributed by atoms with E-state index in [0.717, 1.165) is 16.8 Å². The predicted molar refractivity (Wildman–Crippen MR) is 134 cm³/mol. The summed E-state index contributed by atoms with van der Waals surface area (Å²) in [7, 11) is 0. The zero-order valence-corrected chi connectivity index (χ0v) is 19.2. The van der Waals surface area contributed by atoms with Gasteiger partial charge >= 0.3 is 0 Å². The number of ether oxygens (including phenoxy) is 1. The van der Waals surface area contributed by atoms with Crippen LogP contribution in [0.5, 0.6) is 0 Å². The van der Waals surface area contributed by atoms with Crippen LogP contribution >= 0.6 is 0 Å². The first kappa shape index (κ1) is 23.7. The first-order valence-corrected chi connectivity index (χ1v) is 10.6. The minimum atomic E-state index is 0.0435. The van der Waals surface area contributed by atoms with Crippen LogP contribution in [-0.2, 0) is 17.9 Å². The molecule has 8 heteroatoms. The van der Waals surface area contributed by atoms with Gasteiger partial charge in [-0.1, -0.05) is 42.0 Å². The summed E-state index contributed by atoms with van der Waals surface area (Å²) in [6.45, 7) is 6.84. The Labute approximate surface area is 193 Å². The number of benzene rings is 2. The largest absolute Gasteiger partial charge is 0.397 e. The lowest BCUT2D eigenvalue weighted by molar-refractivity contribution is 0.101. The van der Waals surface area contributed by atoms with Crippen LogP contribution in [0.1, 0.15) is 42.4 Å². The monoisotopic (exact) mass is 446 g/mol. The molecule has 3 aromatic rings. The first-order chi connectivity index (χ1) is 15.7. The molecule has 2 aromatic carbocycles. The van der Waals surface area contributed by atoms with Crippen molar-refractivity contribution in [3.63, 3.8) is 0 Å². The summed E-state index contributed by atoms with van der Waals surface area (Å²) < 4.78 is 5.72. The standard InChI is InChI=1S/C25H30N6O2/c1-15(2)10-11-33-14-22-23(24(27)31-25(28)30-22)19-8-9-21(20(26)12-19)29-13-17-4-6-18(7-5-17)16(3)32/h4-10,12,29H,11,13-14,26H2,1-3H3,(H4,27,28,30,31). The second-order valence-electron chi connectivity index (χ2n) is 7.99. The Hall–Kier alpha value is -3.91. The van der Waals surface area contributed by atoms with Gasteiger partial charge in [0.25, 0.3) is 0 Å². The van der Waals surface area contributed by atoms with E-state index in [1.807, 2.05) is 62.4 Å². The van der Waals surface area contributed by atoms with Crippen LogP contribution in [0.25, 0.3) is 11.1 Å². The second-order valence-corrected chi connectivity index (χ2v) is 7.99. The lowest BCUT2D eigenvalue weighted by atomic mass is 10.0. The maximum atomic E-state index is 11.4. The molecule has 0 unspecified atom stereocenters. The molecule has 0 radical (unpaired) electrons. The van der Waals surface area contributed by atoms with E-state index in [1.54, 1.807) is 6.92 Å². The van der Waals surface area contributed by atoms with Crippen LogP contribution in [-0.4, -0.2) is 22.4 Å². The molecule has 0 aliphatic rings. The van der Waals surface area contributed by atoms with Crippen molar-refractivity contribution >= 4 is 28.9 Å². The van der Waals surface area contributed by atoms with E-state index >= 15 is 0 Å². The van der Waals surface area contributed by atoms with Crippen molar-refractivity contribution in [2.75, 3.05) is 29.1 Å². The topological polar surface area (TPSA) is 142 Å². The molecule has 8 nitrogen and oxygen atoms in total. The number of ketones is 1. The van der Waals surface area contributed by atoms with E-state index in [4.69, 9.17) is 21.9 Å². The zero-order valence-electron chi connectivity index (χ0n) is 19.2. The van der Waals surface area contributed by atoms with Gasteiger partial charge in [0.05, 0.1) is 30.3 Å². The molecule has 1 aromatic heterocycles. The second kappa shape index (κ2) is 10.6. The Bertz CT molecular complexity index is 1170. The number of Topliss-reactive ketones (excluding diaryl/α,β-unsaturated/α-hetero) is 1. The Morgan fingerprint density at radius 2 is 1.76 bits per heavy atom. The van der Waals surface area contributed by atoms with Crippen molar-refractivity contribution in [2.24, 2.45) is 0 Å². The highest BCUT2D eigenvalue weighted by molar-refractivity contribution is 5.94. The number of anilines is 4. The average molecular weight is 447 g/mol. The minimum absolute atomic E-state index is 0.0435. The number of nitrogen functional groups attached to an aromatic ring is 3. The smallest absolute Gasteiger partial charge is 0.222 e. The molecule has 0 atom stereocenters. The molecule has 0 saturated carbocycles. The average Bonchev–Trinajstić information content (AvgIpc) is 2.75. The Balaban J connectivity index is 1.78. The van der Waals surface area contributed by atoms with Gasteiger partial charge in [-0.15, -0.1) is 0 Å². The predicted octanol–water partition coefficient (Wildman–Crippen LogP) is 4.19. The molecule has 0 saturated heterocycles. The molecule has 1 heterocycles. The molecule has 7 N–H and O–H groups in total. The van der Waals surface area contributed by atoms with E-state index in [2.05, 4.69) is 15.3 Å². The van der Waals surface area contributed by atoms with Crippen molar-refractivity contribution in [2.45, 2.75) is 33.9 Å². The number of hydrogen-bond acceptors (Lipinski definition) is 8. The number of nitrogens with one attached hydrogen (secondary N) is 1. The van der Waals surface area contributed by atoms with Crippen molar-refractivity contribution in [1.82, 2.24) is 9.97 Å². The maximum Gasteiger partial charge on any atom is 0.222 e. The molecule has 0 aliphatic carbocycles. The van der Waals surface area contributed by atoms with E-state index in [1.165, 1.54) is 5.57 Å². The zero-order chi connectivity index (χ0) is 24.0. The normalized spacial score (nSPS) is 10.6. The van der Waals surface area contributed by atoms with E-state index in [9.17, 15) is 4.79 Å². The van der Waals surface area contributed by atoms with Crippen LogP contribution in [0, 0.1) is 0 Å². The van der Waals surface area contributed by atoms with Gasteiger partial charge in [-0.2, -0.15) is 4.98 Å². The quantitative estimate of drug-likeness (QED) is 0.166. The van der Waals surface area contributed by atoms with Gasteiger partial charge < -0.3 is 27.3 Å². The summed E-state index contributed by atoms with van der Waals surface area (Å²) in [6, 6.07) is 13.1. The summed E-state index contributed by atoms with van der Waals surface area (Å²) in [4.78, 5) is 19.9. The lowest BCUT2D eigenvalue weighted by Gasteiger charge is -2.15. The number of rotatable bonds is 9. The van der Waals surface area contributed by atoms with Crippen LogP contribution in [0.2, 0.25) is 0 Å². The third kappa shape index (κ3) is 6.30. The number of carbonyl (C=O) groups excluding carboxylic acids is 1. The number of hydrogen-bond donors (Lipinski definition) is 4. The molecule has 172 valence electrons. The number of nitrogens with two attached hydrogens (primary N) is 3. The third-order valence-corrected chi connectivity index (χ3v) is 5.06. The molecule has 33 heavy (non-hydrogen) atoms. The summed E-state index contributed by atoms with van der Waals surface area (Å²) in [5.74, 6) is 0.412. The fraction of sp³-hybridized carbons (Fsp3) is 0.240. The highest BCUT2D eigenvalue weighted by Crippen LogP contribution is 2.33. The molecule has 0 bridgehead atoms. The number of carbonyl (C=O) groups is 1. The molecule has 0 spiro atoms. The molecule has 0 fully saturated rings. The van der Waals surface area contributed by atoms with Gasteiger partial charge in [-0.3, -0.25) is 4.79 Å².